The number of aromatic nitrogens is 1. The maximum absolute atomic E-state index is 11.6. The monoisotopic (exact) mass is 315 g/mol. The van der Waals surface area contributed by atoms with Crippen LogP contribution in [0.25, 0.3) is 6.08 Å². The number of pyridine rings is 1. The second-order valence-electron chi connectivity index (χ2n) is 4.24. The fourth-order valence-corrected chi connectivity index (χ4v) is 2.63. The zero-order valence-electron chi connectivity index (χ0n) is 10.8. The molecule has 6 heteroatoms. The van der Waals surface area contributed by atoms with Gasteiger partial charge in [0.1, 0.15) is 5.84 Å². The van der Waals surface area contributed by atoms with Gasteiger partial charge in [-0.1, -0.05) is 11.6 Å². The number of thioether (sulfide) groups is 1. The average Bonchev–Trinajstić information content (AvgIpc) is 2.82. The number of carbonyl (C=O) groups is 1. The molecule has 0 saturated carbocycles. The van der Waals surface area contributed by atoms with Crippen molar-refractivity contribution in [2.75, 3.05) is 0 Å². The predicted molar refractivity (Wildman–Crippen MR) is 86.9 cm³/mol. The summed E-state index contributed by atoms with van der Waals surface area (Å²) in [6.45, 7) is 0. The molecule has 1 aromatic heterocycles. The molecule has 3 rings (SSSR count). The largest absolute Gasteiger partial charge is 0.300 e. The summed E-state index contributed by atoms with van der Waals surface area (Å²) in [6.07, 6.45) is 5.31. The Kier molecular flexibility index (Phi) is 4.03. The summed E-state index contributed by atoms with van der Waals surface area (Å²) in [5.41, 5.74) is 1.70. The van der Waals surface area contributed by atoms with Crippen molar-refractivity contribution >= 4 is 46.2 Å². The van der Waals surface area contributed by atoms with Gasteiger partial charge in [0.15, 0.2) is 0 Å². The lowest BCUT2D eigenvalue weighted by Gasteiger charge is -2.00. The summed E-state index contributed by atoms with van der Waals surface area (Å²) >= 11 is 6.97. The van der Waals surface area contributed by atoms with Crippen LogP contribution in [0, 0.1) is 0 Å². The fourth-order valence-electron chi connectivity index (χ4n) is 1.77. The maximum atomic E-state index is 11.6. The van der Waals surface area contributed by atoms with Crippen LogP contribution in [0.2, 0.25) is 5.02 Å². The Morgan fingerprint density at radius 2 is 1.86 bits per heavy atom. The summed E-state index contributed by atoms with van der Waals surface area (Å²) in [5, 5.41) is 3.26. The summed E-state index contributed by atoms with van der Waals surface area (Å²) in [6, 6.07) is 10.9. The van der Waals surface area contributed by atoms with E-state index in [0.717, 1.165) is 27.9 Å². The Labute approximate surface area is 131 Å². The summed E-state index contributed by atoms with van der Waals surface area (Å²) in [7, 11) is 0. The third-order valence-electron chi connectivity index (χ3n) is 2.73. The minimum Gasteiger partial charge on any atom is -0.300 e. The van der Waals surface area contributed by atoms with Crippen LogP contribution in [0.15, 0.2) is 58.7 Å². The van der Waals surface area contributed by atoms with Crippen LogP contribution in [0.5, 0.6) is 0 Å². The van der Waals surface area contributed by atoms with Crippen molar-refractivity contribution in [3.63, 3.8) is 0 Å². The zero-order chi connectivity index (χ0) is 14.7. The average molecular weight is 316 g/mol. The molecule has 1 N–H and O–H groups in total. The molecule has 104 valence electrons. The van der Waals surface area contributed by atoms with Crippen LogP contribution in [-0.4, -0.2) is 16.1 Å². The van der Waals surface area contributed by atoms with E-state index in [1.165, 1.54) is 0 Å². The van der Waals surface area contributed by atoms with Gasteiger partial charge < -0.3 is 5.32 Å². The van der Waals surface area contributed by atoms with Crippen LogP contribution in [-0.2, 0) is 0 Å². The molecule has 0 atom stereocenters. The second kappa shape index (κ2) is 6.11. The predicted octanol–water partition coefficient (Wildman–Crippen LogP) is 4.26. The number of amides is 1. The number of aliphatic imine (C=N–C) groups is 1. The third kappa shape index (κ3) is 3.51. The highest BCUT2D eigenvalue weighted by Crippen LogP contribution is 2.28. The van der Waals surface area contributed by atoms with Gasteiger partial charge in [-0.2, -0.15) is 0 Å². The maximum Gasteiger partial charge on any atom is 0.289 e. The minimum absolute atomic E-state index is 0.136. The van der Waals surface area contributed by atoms with E-state index in [2.05, 4.69) is 15.3 Å². The molecule has 2 heterocycles. The first-order valence-corrected chi connectivity index (χ1v) is 7.35. The van der Waals surface area contributed by atoms with Crippen molar-refractivity contribution in [2.24, 2.45) is 4.99 Å². The molecule has 1 aromatic carbocycles. The van der Waals surface area contributed by atoms with Gasteiger partial charge in [-0.25, -0.2) is 4.99 Å². The lowest BCUT2D eigenvalue weighted by molar-refractivity contribution is 0.265. The molecule has 0 aliphatic carbocycles. The Bertz CT molecular complexity index is 726. The SMILES string of the molecule is O=C1NC(=Nc2ccc(Cl)cc2)/C(=C/c2ccncc2)S1. The van der Waals surface area contributed by atoms with Crippen molar-refractivity contribution in [3.05, 3.63) is 64.3 Å². The number of nitrogens with zero attached hydrogens (tertiary/aromatic N) is 2. The van der Waals surface area contributed by atoms with Crippen LogP contribution in [0.3, 0.4) is 0 Å². The molecule has 4 nitrogen and oxygen atoms in total. The lowest BCUT2D eigenvalue weighted by Crippen LogP contribution is -2.18. The molecule has 1 aliphatic heterocycles. The van der Waals surface area contributed by atoms with E-state index in [1.807, 2.05) is 18.2 Å². The van der Waals surface area contributed by atoms with Gasteiger partial charge in [0.25, 0.3) is 5.24 Å². The van der Waals surface area contributed by atoms with Crippen molar-refractivity contribution in [2.45, 2.75) is 0 Å². The molecule has 1 saturated heterocycles. The number of halogens is 1. The Morgan fingerprint density at radius 3 is 2.57 bits per heavy atom. The second-order valence-corrected chi connectivity index (χ2v) is 5.69. The van der Waals surface area contributed by atoms with Crippen LogP contribution < -0.4 is 5.32 Å². The highest BCUT2D eigenvalue weighted by molar-refractivity contribution is 8.18. The number of rotatable bonds is 2. The van der Waals surface area contributed by atoms with E-state index in [9.17, 15) is 4.79 Å². The summed E-state index contributed by atoms with van der Waals surface area (Å²) in [5.74, 6) is 0.545. The third-order valence-corrected chi connectivity index (χ3v) is 3.80. The van der Waals surface area contributed by atoms with Crippen molar-refractivity contribution in [3.8, 4) is 0 Å². The Balaban J connectivity index is 1.94. The quantitative estimate of drug-likeness (QED) is 0.900. The van der Waals surface area contributed by atoms with Crippen molar-refractivity contribution < 1.29 is 4.79 Å². The molecular weight excluding hydrogens is 306 g/mol. The molecule has 1 amide bonds. The number of nitrogens with one attached hydrogen (secondary N) is 1. The zero-order valence-corrected chi connectivity index (χ0v) is 12.4. The first kappa shape index (κ1) is 13.9. The van der Waals surface area contributed by atoms with E-state index in [-0.39, 0.29) is 5.24 Å². The molecule has 0 unspecified atom stereocenters. The van der Waals surface area contributed by atoms with Crippen LogP contribution in [0.1, 0.15) is 5.56 Å². The van der Waals surface area contributed by atoms with Gasteiger partial charge in [-0.15, -0.1) is 0 Å². The fraction of sp³-hybridized carbons (Fsp3) is 0. The highest BCUT2D eigenvalue weighted by atomic mass is 35.5. The van der Waals surface area contributed by atoms with Crippen LogP contribution >= 0.6 is 23.4 Å². The highest BCUT2D eigenvalue weighted by Gasteiger charge is 2.23. The minimum atomic E-state index is -0.136. The number of hydrogen-bond donors (Lipinski definition) is 1. The van der Waals surface area contributed by atoms with Gasteiger partial charge in [-0.3, -0.25) is 9.78 Å². The van der Waals surface area contributed by atoms with Crippen molar-refractivity contribution in [1.29, 1.82) is 0 Å². The normalized spacial score (nSPS) is 18.2. The van der Waals surface area contributed by atoms with E-state index >= 15 is 0 Å². The topological polar surface area (TPSA) is 54.4 Å². The molecule has 21 heavy (non-hydrogen) atoms. The first-order valence-electron chi connectivity index (χ1n) is 6.16. The summed E-state index contributed by atoms with van der Waals surface area (Å²) in [4.78, 5) is 20.8. The molecule has 2 aromatic rings. The molecule has 1 fully saturated rings. The number of amidine groups is 1. The van der Waals surface area contributed by atoms with Crippen molar-refractivity contribution in [1.82, 2.24) is 10.3 Å². The number of benzene rings is 1. The van der Waals surface area contributed by atoms with Gasteiger partial charge in [0.05, 0.1) is 10.6 Å². The van der Waals surface area contributed by atoms with Gasteiger partial charge in [-0.05, 0) is 59.8 Å². The van der Waals surface area contributed by atoms with Crippen LogP contribution in [0.4, 0.5) is 10.5 Å². The molecule has 0 bridgehead atoms. The first-order chi connectivity index (χ1) is 10.2. The molecule has 0 spiro atoms. The molecular formula is C15H10ClN3OS. The number of carbonyl (C=O) groups excluding carboxylic acids is 1. The molecule has 1 aliphatic rings. The van der Waals surface area contributed by atoms with E-state index in [1.54, 1.807) is 36.7 Å². The van der Waals surface area contributed by atoms with E-state index in [4.69, 9.17) is 11.6 Å². The number of hydrogen-bond acceptors (Lipinski definition) is 4. The van der Waals surface area contributed by atoms with Gasteiger partial charge in [0.2, 0.25) is 0 Å². The van der Waals surface area contributed by atoms with Gasteiger partial charge in [0, 0.05) is 17.4 Å². The smallest absolute Gasteiger partial charge is 0.289 e. The Hall–Kier alpha value is -2.11. The van der Waals surface area contributed by atoms with E-state index < -0.39 is 0 Å². The van der Waals surface area contributed by atoms with Gasteiger partial charge >= 0.3 is 0 Å². The Morgan fingerprint density at radius 1 is 1.14 bits per heavy atom. The molecule has 0 radical (unpaired) electrons. The lowest BCUT2D eigenvalue weighted by atomic mass is 10.2. The van der Waals surface area contributed by atoms with E-state index in [0.29, 0.717) is 10.9 Å². The summed E-state index contributed by atoms with van der Waals surface area (Å²) < 4.78 is 0. The standard InChI is InChI=1S/C15H10ClN3OS/c16-11-1-3-12(4-2-11)18-14-13(21-15(20)19-14)9-10-5-7-17-8-6-10/h1-9H,(H,18,19,20)/b13-9-.